The molecule has 2 aromatic carbocycles. The van der Waals surface area contributed by atoms with E-state index in [1.54, 1.807) is 22.9 Å². The van der Waals surface area contributed by atoms with Crippen molar-refractivity contribution in [2.45, 2.75) is 13.0 Å². The van der Waals surface area contributed by atoms with Crippen molar-refractivity contribution >= 4 is 17.0 Å². The largest absolute Gasteiger partial charge is 0.478 e. The maximum atomic E-state index is 13.1. The molecule has 0 saturated heterocycles. The van der Waals surface area contributed by atoms with Crippen molar-refractivity contribution in [3.63, 3.8) is 0 Å². The van der Waals surface area contributed by atoms with Crippen LogP contribution in [0.5, 0.6) is 0 Å². The van der Waals surface area contributed by atoms with Gasteiger partial charge >= 0.3 is 5.97 Å². The van der Waals surface area contributed by atoms with Crippen molar-refractivity contribution in [1.82, 2.24) is 15.0 Å². The first-order valence-corrected chi connectivity index (χ1v) is 6.44. The van der Waals surface area contributed by atoms with E-state index < -0.39 is 5.97 Å². The van der Waals surface area contributed by atoms with Gasteiger partial charge in [-0.1, -0.05) is 17.3 Å². The van der Waals surface area contributed by atoms with Crippen molar-refractivity contribution in [3.8, 4) is 0 Å². The summed E-state index contributed by atoms with van der Waals surface area (Å²) in [5.74, 6) is -1.26. The first kappa shape index (κ1) is 13.2. The van der Waals surface area contributed by atoms with Crippen LogP contribution in [-0.4, -0.2) is 26.1 Å². The van der Waals surface area contributed by atoms with E-state index >= 15 is 0 Å². The molecule has 0 atom stereocenters. The molecule has 0 spiro atoms. The molecule has 1 aromatic heterocycles. The summed E-state index contributed by atoms with van der Waals surface area (Å²) < 4.78 is 14.8. The average Bonchev–Trinajstić information content (AvgIpc) is 2.87. The Morgan fingerprint density at radius 1 is 1.24 bits per heavy atom. The zero-order chi connectivity index (χ0) is 14.8. The van der Waals surface area contributed by atoms with Gasteiger partial charge in [0.15, 0.2) is 0 Å². The van der Waals surface area contributed by atoms with Gasteiger partial charge in [-0.15, -0.1) is 5.10 Å². The van der Waals surface area contributed by atoms with Crippen molar-refractivity contribution in [2.24, 2.45) is 0 Å². The highest BCUT2D eigenvalue weighted by molar-refractivity contribution is 5.92. The molecule has 1 N–H and O–H groups in total. The van der Waals surface area contributed by atoms with Crippen LogP contribution >= 0.6 is 0 Å². The van der Waals surface area contributed by atoms with Crippen LogP contribution in [0.2, 0.25) is 0 Å². The summed E-state index contributed by atoms with van der Waals surface area (Å²) in [6.45, 7) is 0.503. The van der Waals surface area contributed by atoms with Crippen LogP contribution in [0.3, 0.4) is 0 Å². The minimum absolute atomic E-state index is 0.191. The van der Waals surface area contributed by atoms with Crippen LogP contribution in [0.15, 0.2) is 42.5 Å². The molecule has 0 bridgehead atoms. The van der Waals surface area contributed by atoms with Crippen LogP contribution in [0, 0.1) is 5.82 Å². The molecule has 0 saturated carbocycles. The van der Waals surface area contributed by atoms with Gasteiger partial charge in [0.25, 0.3) is 0 Å². The van der Waals surface area contributed by atoms with Gasteiger partial charge in [0.1, 0.15) is 11.3 Å². The van der Waals surface area contributed by atoms with Crippen molar-refractivity contribution in [1.29, 1.82) is 0 Å². The number of halogens is 1. The van der Waals surface area contributed by atoms with Gasteiger partial charge in [-0.3, -0.25) is 0 Å². The van der Waals surface area contributed by atoms with E-state index in [-0.39, 0.29) is 11.4 Å². The molecule has 0 amide bonds. The summed E-state index contributed by atoms with van der Waals surface area (Å²) in [5, 5.41) is 17.0. The Morgan fingerprint density at radius 2 is 2.10 bits per heavy atom. The quantitative estimate of drug-likeness (QED) is 0.799. The van der Waals surface area contributed by atoms with Gasteiger partial charge in [-0.05, 0) is 42.3 Å². The van der Waals surface area contributed by atoms with Crippen LogP contribution in [0.25, 0.3) is 11.0 Å². The van der Waals surface area contributed by atoms with E-state index in [0.29, 0.717) is 24.0 Å². The lowest BCUT2D eigenvalue weighted by atomic mass is 10.1. The smallest absolute Gasteiger partial charge is 0.335 e. The average molecular weight is 285 g/mol. The second kappa shape index (κ2) is 5.32. The fourth-order valence-electron chi connectivity index (χ4n) is 2.19. The highest BCUT2D eigenvalue weighted by Gasteiger charge is 2.09. The van der Waals surface area contributed by atoms with Crippen LogP contribution in [0.1, 0.15) is 15.9 Å². The van der Waals surface area contributed by atoms with Crippen LogP contribution < -0.4 is 0 Å². The Balaban J connectivity index is 1.86. The topological polar surface area (TPSA) is 68.0 Å². The molecule has 1 heterocycles. The number of aromatic carboxylic acids is 1. The van der Waals surface area contributed by atoms with Crippen LogP contribution in [0.4, 0.5) is 4.39 Å². The van der Waals surface area contributed by atoms with Gasteiger partial charge in [-0.2, -0.15) is 0 Å². The number of nitrogens with zero attached hydrogens (tertiary/aromatic N) is 3. The number of carboxylic acid groups (broad SMARTS) is 1. The highest BCUT2D eigenvalue weighted by atomic mass is 19.1. The van der Waals surface area contributed by atoms with Gasteiger partial charge in [-0.25, -0.2) is 13.9 Å². The van der Waals surface area contributed by atoms with Crippen molar-refractivity contribution in [2.75, 3.05) is 0 Å². The molecule has 3 rings (SSSR count). The second-order valence-electron chi connectivity index (χ2n) is 4.70. The Morgan fingerprint density at radius 3 is 2.86 bits per heavy atom. The Bertz CT molecular complexity index is 814. The third-order valence-electron chi connectivity index (χ3n) is 3.26. The summed E-state index contributed by atoms with van der Waals surface area (Å²) in [6, 6.07) is 11.0. The lowest BCUT2D eigenvalue weighted by Gasteiger charge is -2.03. The molecule has 21 heavy (non-hydrogen) atoms. The Labute approximate surface area is 119 Å². The summed E-state index contributed by atoms with van der Waals surface area (Å²) in [6.07, 6.45) is 0.591. The summed E-state index contributed by atoms with van der Waals surface area (Å²) in [4.78, 5) is 11.0. The third-order valence-corrected chi connectivity index (χ3v) is 3.26. The van der Waals surface area contributed by atoms with E-state index in [4.69, 9.17) is 5.11 Å². The minimum atomic E-state index is -0.991. The lowest BCUT2D eigenvalue weighted by molar-refractivity contribution is 0.0697. The van der Waals surface area contributed by atoms with Crippen LogP contribution in [-0.2, 0) is 13.0 Å². The van der Waals surface area contributed by atoms with E-state index in [1.807, 2.05) is 6.07 Å². The highest BCUT2D eigenvalue weighted by Crippen LogP contribution is 2.14. The molecule has 0 fully saturated rings. The van der Waals surface area contributed by atoms with E-state index in [0.717, 1.165) is 5.56 Å². The molecule has 6 heteroatoms. The number of rotatable bonds is 4. The van der Waals surface area contributed by atoms with Gasteiger partial charge in [0.2, 0.25) is 0 Å². The molecule has 5 nitrogen and oxygen atoms in total. The molecular formula is C15H12FN3O2. The van der Waals surface area contributed by atoms with E-state index in [1.165, 1.54) is 18.2 Å². The zero-order valence-electron chi connectivity index (χ0n) is 11.0. The second-order valence-corrected chi connectivity index (χ2v) is 4.70. The van der Waals surface area contributed by atoms with Crippen molar-refractivity contribution in [3.05, 3.63) is 59.4 Å². The molecule has 106 valence electrons. The number of aromatic nitrogens is 3. The molecule has 0 aliphatic rings. The summed E-state index contributed by atoms with van der Waals surface area (Å²) in [7, 11) is 0. The number of fused-ring (bicyclic) bond motifs is 1. The SMILES string of the molecule is O=C(O)c1ccc2nnn(CCc3cccc(F)c3)c2c1. The number of hydrogen-bond donors (Lipinski definition) is 1. The number of hydrogen-bond acceptors (Lipinski definition) is 3. The molecule has 0 aliphatic heterocycles. The maximum Gasteiger partial charge on any atom is 0.335 e. The summed E-state index contributed by atoms with van der Waals surface area (Å²) in [5.41, 5.74) is 2.34. The molecule has 0 aliphatic carbocycles. The predicted molar refractivity (Wildman–Crippen MR) is 74.6 cm³/mol. The van der Waals surface area contributed by atoms with Gasteiger partial charge < -0.3 is 5.11 Å². The molecule has 0 unspecified atom stereocenters. The van der Waals surface area contributed by atoms with Gasteiger partial charge in [0, 0.05) is 6.54 Å². The molecule has 0 radical (unpaired) electrons. The maximum absolute atomic E-state index is 13.1. The number of aryl methyl sites for hydroxylation is 2. The minimum Gasteiger partial charge on any atom is -0.478 e. The molecule has 3 aromatic rings. The lowest BCUT2D eigenvalue weighted by Crippen LogP contribution is -2.04. The zero-order valence-corrected chi connectivity index (χ0v) is 11.0. The monoisotopic (exact) mass is 285 g/mol. The normalized spacial score (nSPS) is 10.9. The summed E-state index contributed by atoms with van der Waals surface area (Å²) >= 11 is 0. The van der Waals surface area contributed by atoms with E-state index in [9.17, 15) is 9.18 Å². The fraction of sp³-hybridized carbons (Fsp3) is 0.133. The fourth-order valence-corrected chi connectivity index (χ4v) is 2.19. The first-order chi connectivity index (χ1) is 10.1. The third kappa shape index (κ3) is 2.74. The van der Waals surface area contributed by atoms with Crippen molar-refractivity contribution < 1.29 is 14.3 Å². The van der Waals surface area contributed by atoms with E-state index in [2.05, 4.69) is 10.3 Å². The number of carboxylic acids is 1. The standard InChI is InChI=1S/C15H12FN3O2/c16-12-3-1-2-10(8-12)6-7-19-14-9-11(15(20)21)4-5-13(14)17-18-19/h1-5,8-9H,6-7H2,(H,20,21). The van der Waals surface area contributed by atoms with Gasteiger partial charge in [0.05, 0.1) is 11.1 Å². The molecular weight excluding hydrogens is 273 g/mol. The number of carbonyl (C=O) groups is 1. The predicted octanol–water partition coefficient (Wildman–Crippen LogP) is 2.51. The number of benzene rings is 2. The Kier molecular flexibility index (Phi) is 3.35. The first-order valence-electron chi connectivity index (χ1n) is 6.44. The Hall–Kier alpha value is -2.76.